The number of carbonyl (C=O) groups is 3. The molecule has 0 bridgehead atoms. The Morgan fingerprint density at radius 1 is 0.311 bits per heavy atom. The second-order valence-corrected chi connectivity index (χ2v) is 18.5. The maximum absolute atomic E-state index is 12.8. The van der Waals surface area contributed by atoms with E-state index in [0.717, 1.165) is 64.2 Å². The Bertz CT molecular complexity index is 947. The summed E-state index contributed by atoms with van der Waals surface area (Å²) in [6, 6.07) is 0. The van der Waals surface area contributed by atoms with Crippen molar-refractivity contribution in [3.8, 4) is 0 Å². The van der Waals surface area contributed by atoms with Crippen molar-refractivity contribution < 1.29 is 28.6 Å². The third kappa shape index (κ3) is 49.0. The lowest BCUT2D eigenvalue weighted by Crippen LogP contribution is -2.30. The summed E-state index contributed by atoms with van der Waals surface area (Å²) in [5, 5.41) is 0. The average molecular weight is 861 g/mol. The maximum atomic E-state index is 12.8. The first-order chi connectivity index (χ1) is 30.0. The Hall–Kier alpha value is -1.85. The van der Waals surface area contributed by atoms with Gasteiger partial charge < -0.3 is 14.2 Å². The van der Waals surface area contributed by atoms with Gasteiger partial charge in [0.1, 0.15) is 13.2 Å². The van der Waals surface area contributed by atoms with Crippen molar-refractivity contribution in [1.29, 1.82) is 0 Å². The van der Waals surface area contributed by atoms with Crippen LogP contribution in [0.3, 0.4) is 0 Å². The van der Waals surface area contributed by atoms with Gasteiger partial charge in [-0.2, -0.15) is 0 Å². The first-order valence-corrected chi connectivity index (χ1v) is 27.2. The van der Waals surface area contributed by atoms with Crippen LogP contribution in [0.2, 0.25) is 0 Å². The van der Waals surface area contributed by atoms with Crippen molar-refractivity contribution in [3.05, 3.63) is 12.2 Å². The highest BCUT2D eigenvalue weighted by molar-refractivity contribution is 5.71. The molecule has 0 spiro atoms. The highest BCUT2D eigenvalue weighted by Gasteiger charge is 2.19. The Kier molecular flexibility index (Phi) is 49.3. The highest BCUT2D eigenvalue weighted by atomic mass is 16.6. The third-order valence-electron chi connectivity index (χ3n) is 12.3. The Morgan fingerprint density at radius 3 is 0.869 bits per heavy atom. The van der Waals surface area contributed by atoms with Gasteiger partial charge in [-0.05, 0) is 38.5 Å². The zero-order valence-corrected chi connectivity index (χ0v) is 41.2. The second-order valence-electron chi connectivity index (χ2n) is 18.5. The van der Waals surface area contributed by atoms with Gasteiger partial charge in [0.2, 0.25) is 0 Å². The van der Waals surface area contributed by atoms with Crippen LogP contribution in [0, 0.1) is 0 Å². The molecule has 0 aromatic carbocycles. The van der Waals surface area contributed by atoms with Gasteiger partial charge in [0.25, 0.3) is 0 Å². The summed E-state index contributed by atoms with van der Waals surface area (Å²) in [7, 11) is 0. The van der Waals surface area contributed by atoms with E-state index in [9.17, 15) is 14.4 Å². The van der Waals surface area contributed by atoms with Crippen LogP contribution in [0.5, 0.6) is 0 Å². The lowest BCUT2D eigenvalue weighted by molar-refractivity contribution is -0.167. The molecular formula is C55H104O6. The molecule has 0 fully saturated rings. The summed E-state index contributed by atoms with van der Waals surface area (Å²) in [6.07, 6.45) is 56.2. The van der Waals surface area contributed by atoms with Crippen LogP contribution in [0.15, 0.2) is 12.2 Å². The number of unbranched alkanes of at least 4 members (excludes halogenated alkanes) is 37. The van der Waals surface area contributed by atoms with Crippen molar-refractivity contribution in [2.24, 2.45) is 0 Å². The van der Waals surface area contributed by atoms with E-state index in [4.69, 9.17) is 14.2 Å². The van der Waals surface area contributed by atoms with Crippen LogP contribution >= 0.6 is 0 Å². The van der Waals surface area contributed by atoms with Crippen LogP contribution in [-0.4, -0.2) is 37.2 Å². The van der Waals surface area contributed by atoms with Gasteiger partial charge in [-0.15, -0.1) is 0 Å². The van der Waals surface area contributed by atoms with Gasteiger partial charge in [-0.25, -0.2) is 0 Å². The molecule has 0 aliphatic carbocycles. The standard InChI is InChI=1S/C55H104O6/c1-4-7-10-13-16-19-22-24-26-28-30-33-36-39-42-45-48-54(57)60-51-52(50-59-53(56)47-44-41-38-35-32-21-18-15-12-9-6-3)61-55(58)49-46-43-40-37-34-31-29-27-25-23-20-17-14-11-8-5-2/h15,18,52H,4-14,16-17,19-51H2,1-3H3/b18-15-. The molecule has 6 heteroatoms. The first-order valence-electron chi connectivity index (χ1n) is 27.2. The summed E-state index contributed by atoms with van der Waals surface area (Å²) < 4.78 is 16.8. The number of rotatable bonds is 50. The molecule has 0 radical (unpaired) electrons. The van der Waals surface area contributed by atoms with Crippen molar-refractivity contribution >= 4 is 17.9 Å². The monoisotopic (exact) mass is 861 g/mol. The van der Waals surface area contributed by atoms with Gasteiger partial charge in [0.05, 0.1) is 0 Å². The lowest BCUT2D eigenvalue weighted by atomic mass is 10.0. The average Bonchev–Trinajstić information content (AvgIpc) is 3.26. The van der Waals surface area contributed by atoms with Crippen LogP contribution in [0.25, 0.3) is 0 Å². The minimum Gasteiger partial charge on any atom is -0.462 e. The minimum atomic E-state index is -0.766. The molecule has 0 amide bonds. The van der Waals surface area contributed by atoms with E-state index >= 15 is 0 Å². The van der Waals surface area contributed by atoms with E-state index in [1.807, 2.05) is 0 Å². The van der Waals surface area contributed by atoms with Crippen molar-refractivity contribution in [2.45, 2.75) is 309 Å². The quantitative estimate of drug-likeness (QED) is 0.0262. The number of ether oxygens (including phenoxy) is 3. The summed E-state index contributed by atoms with van der Waals surface area (Å²) in [5.74, 6) is -0.857. The highest BCUT2D eigenvalue weighted by Crippen LogP contribution is 2.17. The predicted octanol–water partition coefficient (Wildman–Crippen LogP) is 17.8. The Morgan fingerprint density at radius 2 is 0.557 bits per heavy atom. The summed E-state index contributed by atoms with van der Waals surface area (Å²) in [4.78, 5) is 38.0. The Labute approximate surface area is 380 Å². The summed E-state index contributed by atoms with van der Waals surface area (Å²) in [5.41, 5.74) is 0. The summed E-state index contributed by atoms with van der Waals surface area (Å²) in [6.45, 7) is 6.64. The smallest absolute Gasteiger partial charge is 0.306 e. The molecule has 61 heavy (non-hydrogen) atoms. The van der Waals surface area contributed by atoms with Gasteiger partial charge in [0.15, 0.2) is 6.10 Å². The molecule has 0 rings (SSSR count). The molecule has 0 saturated carbocycles. The number of allylic oxidation sites excluding steroid dienone is 2. The molecule has 0 aliphatic rings. The van der Waals surface area contributed by atoms with E-state index in [2.05, 4.69) is 32.9 Å². The largest absolute Gasteiger partial charge is 0.462 e. The predicted molar refractivity (Wildman–Crippen MR) is 261 cm³/mol. The molecule has 1 atom stereocenters. The molecule has 0 aromatic heterocycles. The molecule has 0 heterocycles. The SMILES string of the molecule is CCCC/C=C\CCCCCCCC(=O)OCC(COC(=O)CCCCCCCCCCCCCCCCCC)OC(=O)CCCCCCCCCCCCCCCCCC. The molecule has 0 aliphatic heterocycles. The maximum Gasteiger partial charge on any atom is 0.306 e. The van der Waals surface area contributed by atoms with E-state index in [1.54, 1.807) is 0 Å². The fourth-order valence-electron chi connectivity index (χ4n) is 8.13. The normalized spacial score (nSPS) is 12.0. The third-order valence-corrected chi connectivity index (χ3v) is 12.3. The van der Waals surface area contributed by atoms with E-state index in [-0.39, 0.29) is 31.1 Å². The first kappa shape index (κ1) is 59.1. The summed E-state index contributed by atoms with van der Waals surface area (Å²) >= 11 is 0. The molecule has 0 saturated heterocycles. The topological polar surface area (TPSA) is 78.9 Å². The molecule has 0 N–H and O–H groups in total. The van der Waals surface area contributed by atoms with Gasteiger partial charge in [0, 0.05) is 19.3 Å². The zero-order chi connectivity index (χ0) is 44.4. The van der Waals surface area contributed by atoms with E-state index < -0.39 is 6.10 Å². The van der Waals surface area contributed by atoms with Gasteiger partial charge in [-0.1, -0.05) is 258 Å². The van der Waals surface area contributed by atoms with Gasteiger partial charge in [-0.3, -0.25) is 14.4 Å². The molecule has 1 unspecified atom stereocenters. The van der Waals surface area contributed by atoms with E-state index in [1.165, 1.54) is 199 Å². The minimum absolute atomic E-state index is 0.0669. The molecule has 6 nitrogen and oxygen atoms in total. The number of carbonyl (C=O) groups excluding carboxylic acids is 3. The Balaban J connectivity index is 4.29. The number of hydrogen-bond acceptors (Lipinski definition) is 6. The van der Waals surface area contributed by atoms with Gasteiger partial charge >= 0.3 is 17.9 Å². The second kappa shape index (κ2) is 50.8. The molecular weight excluding hydrogens is 757 g/mol. The van der Waals surface area contributed by atoms with Crippen LogP contribution in [0.4, 0.5) is 0 Å². The van der Waals surface area contributed by atoms with Crippen molar-refractivity contribution in [3.63, 3.8) is 0 Å². The zero-order valence-electron chi connectivity index (χ0n) is 41.2. The van der Waals surface area contributed by atoms with Crippen LogP contribution in [-0.2, 0) is 28.6 Å². The van der Waals surface area contributed by atoms with Crippen LogP contribution < -0.4 is 0 Å². The number of hydrogen-bond donors (Lipinski definition) is 0. The molecule has 360 valence electrons. The van der Waals surface area contributed by atoms with Crippen molar-refractivity contribution in [1.82, 2.24) is 0 Å². The fraction of sp³-hybridized carbons (Fsp3) is 0.909. The molecule has 0 aromatic rings. The lowest BCUT2D eigenvalue weighted by Gasteiger charge is -2.18. The fourth-order valence-corrected chi connectivity index (χ4v) is 8.13. The van der Waals surface area contributed by atoms with E-state index in [0.29, 0.717) is 19.3 Å². The van der Waals surface area contributed by atoms with Crippen LogP contribution in [0.1, 0.15) is 303 Å². The number of esters is 3. The van der Waals surface area contributed by atoms with Crippen molar-refractivity contribution in [2.75, 3.05) is 13.2 Å².